The number of phenols is 1. The summed E-state index contributed by atoms with van der Waals surface area (Å²) in [7, 11) is 1.52. The topological polar surface area (TPSA) is 55.8 Å². The molecule has 2 aromatic rings. The summed E-state index contributed by atoms with van der Waals surface area (Å²) in [5, 5.41) is 9.20. The normalized spacial score (nSPS) is 10.1. The number of carbonyl (C=O) groups excluding carboxylic acids is 1. The molecule has 0 fully saturated rings. The van der Waals surface area contributed by atoms with Crippen molar-refractivity contribution in [1.82, 2.24) is 0 Å². The maximum atomic E-state index is 11.4. The summed E-state index contributed by atoms with van der Waals surface area (Å²) < 4.78 is 10.8. The van der Waals surface area contributed by atoms with Gasteiger partial charge < -0.3 is 14.6 Å². The number of hydrogen-bond acceptors (Lipinski definition) is 4. The zero-order valence-corrected chi connectivity index (χ0v) is 11.4. The molecule has 20 heavy (non-hydrogen) atoms. The Balaban J connectivity index is 2.10. The van der Waals surface area contributed by atoms with Crippen LogP contribution in [0.1, 0.15) is 22.8 Å². The van der Waals surface area contributed by atoms with Gasteiger partial charge in [0.05, 0.1) is 12.7 Å². The van der Waals surface area contributed by atoms with E-state index >= 15 is 0 Å². The Bertz CT molecular complexity index is 602. The monoisotopic (exact) mass is 272 g/mol. The molecule has 0 saturated carbocycles. The van der Waals surface area contributed by atoms with Crippen LogP contribution in [0.5, 0.6) is 17.2 Å². The fraction of sp³-hybridized carbons (Fsp3) is 0.188. The third kappa shape index (κ3) is 3.29. The van der Waals surface area contributed by atoms with Crippen molar-refractivity contribution in [2.45, 2.75) is 13.5 Å². The molecule has 2 rings (SSSR count). The van der Waals surface area contributed by atoms with E-state index in [1.807, 2.05) is 0 Å². The molecule has 0 heterocycles. The van der Waals surface area contributed by atoms with Crippen LogP contribution in [0.15, 0.2) is 42.5 Å². The van der Waals surface area contributed by atoms with Crippen molar-refractivity contribution in [1.29, 1.82) is 0 Å². The van der Waals surface area contributed by atoms with Crippen LogP contribution in [-0.4, -0.2) is 18.0 Å². The van der Waals surface area contributed by atoms with E-state index in [0.717, 1.165) is 5.56 Å². The van der Waals surface area contributed by atoms with E-state index in [1.165, 1.54) is 14.0 Å². The van der Waals surface area contributed by atoms with E-state index in [9.17, 15) is 9.90 Å². The summed E-state index contributed by atoms with van der Waals surface area (Å²) in [5.74, 6) is 1.30. The first kappa shape index (κ1) is 13.9. The van der Waals surface area contributed by atoms with Crippen LogP contribution in [-0.2, 0) is 6.61 Å². The van der Waals surface area contributed by atoms with Crippen molar-refractivity contribution in [2.75, 3.05) is 7.11 Å². The molecule has 0 bridgehead atoms. The molecule has 0 amide bonds. The van der Waals surface area contributed by atoms with Gasteiger partial charge >= 0.3 is 0 Å². The zero-order chi connectivity index (χ0) is 14.5. The lowest BCUT2D eigenvalue weighted by Gasteiger charge is -2.10. The van der Waals surface area contributed by atoms with E-state index < -0.39 is 0 Å². The number of phenolic OH excluding ortho intramolecular Hbond substituents is 1. The molecule has 0 aromatic heterocycles. The van der Waals surface area contributed by atoms with Gasteiger partial charge in [-0.15, -0.1) is 0 Å². The molecule has 2 aromatic carbocycles. The second kappa shape index (κ2) is 6.10. The van der Waals surface area contributed by atoms with Gasteiger partial charge in [-0.25, -0.2) is 0 Å². The molecule has 0 unspecified atom stereocenters. The van der Waals surface area contributed by atoms with Gasteiger partial charge in [0.15, 0.2) is 5.78 Å². The Labute approximate surface area is 117 Å². The first-order chi connectivity index (χ1) is 9.60. The summed E-state index contributed by atoms with van der Waals surface area (Å²) in [6, 6.07) is 11.9. The minimum Gasteiger partial charge on any atom is -0.508 e. The van der Waals surface area contributed by atoms with E-state index in [-0.39, 0.29) is 11.5 Å². The lowest BCUT2D eigenvalue weighted by atomic mass is 10.1. The number of hydrogen-bond donors (Lipinski definition) is 1. The number of aromatic hydroxyl groups is 1. The van der Waals surface area contributed by atoms with Crippen LogP contribution in [0.2, 0.25) is 0 Å². The van der Waals surface area contributed by atoms with Crippen LogP contribution >= 0.6 is 0 Å². The number of ketones is 1. The number of Topliss-reactive ketones (excluding diaryl/α,β-unsaturated/α-hetero) is 1. The first-order valence-corrected chi connectivity index (χ1v) is 6.20. The van der Waals surface area contributed by atoms with Crippen molar-refractivity contribution >= 4 is 5.78 Å². The Morgan fingerprint density at radius 3 is 2.45 bits per heavy atom. The predicted molar refractivity (Wildman–Crippen MR) is 75.4 cm³/mol. The molecule has 0 saturated heterocycles. The number of benzene rings is 2. The zero-order valence-electron chi connectivity index (χ0n) is 11.4. The Morgan fingerprint density at radius 2 is 1.85 bits per heavy atom. The van der Waals surface area contributed by atoms with Crippen LogP contribution in [0.4, 0.5) is 0 Å². The van der Waals surface area contributed by atoms with Crippen LogP contribution in [0, 0.1) is 0 Å². The van der Waals surface area contributed by atoms with Gasteiger partial charge in [0.25, 0.3) is 0 Å². The fourth-order valence-electron chi connectivity index (χ4n) is 1.81. The van der Waals surface area contributed by atoms with Gasteiger partial charge in [-0.2, -0.15) is 0 Å². The largest absolute Gasteiger partial charge is 0.508 e. The van der Waals surface area contributed by atoms with Gasteiger partial charge in [-0.1, -0.05) is 12.1 Å². The number of carbonyl (C=O) groups is 1. The lowest BCUT2D eigenvalue weighted by molar-refractivity contribution is 0.101. The van der Waals surface area contributed by atoms with Gasteiger partial charge in [0.2, 0.25) is 0 Å². The summed E-state index contributed by atoms with van der Waals surface area (Å²) >= 11 is 0. The van der Waals surface area contributed by atoms with Crippen molar-refractivity contribution < 1.29 is 19.4 Å². The van der Waals surface area contributed by atoms with Crippen molar-refractivity contribution in [3.63, 3.8) is 0 Å². The summed E-state index contributed by atoms with van der Waals surface area (Å²) in [4.78, 5) is 11.4. The van der Waals surface area contributed by atoms with Crippen LogP contribution < -0.4 is 9.47 Å². The molecule has 0 radical (unpaired) electrons. The highest BCUT2D eigenvalue weighted by Gasteiger charge is 2.09. The lowest BCUT2D eigenvalue weighted by Crippen LogP contribution is -2.00. The van der Waals surface area contributed by atoms with E-state index in [1.54, 1.807) is 42.5 Å². The van der Waals surface area contributed by atoms with Crippen LogP contribution in [0.3, 0.4) is 0 Å². The molecule has 0 spiro atoms. The second-order valence-electron chi connectivity index (χ2n) is 4.37. The number of rotatable bonds is 5. The molecule has 0 aliphatic heterocycles. The van der Waals surface area contributed by atoms with E-state index in [2.05, 4.69) is 0 Å². The third-order valence-electron chi connectivity index (χ3n) is 2.89. The second-order valence-corrected chi connectivity index (χ2v) is 4.37. The molecular formula is C16H16O4. The van der Waals surface area contributed by atoms with E-state index in [0.29, 0.717) is 23.7 Å². The van der Waals surface area contributed by atoms with Crippen LogP contribution in [0.25, 0.3) is 0 Å². The van der Waals surface area contributed by atoms with Crippen molar-refractivity contribution in [3.05, 3.63) is 53.6 Å². The molecule has 1 N–H and O–H groups in total. The average molecular weight is 272 g/mol. The fourth-order valence-corrected chi connectivity index (χ4v) is 1.81. The number of methoxy groups -OCH3 is 1. The van der Waals surface area contributed by atoms with E-state index in [4.69, 9.17) is 9.47 Å². The van der Waals surface area contributed by atoms with Crippen molar-refractivity contribution in [2.24, 2.45) is 0 Å². The van der Waals surface area contributed by atoms with Gasteiger partial charge in [0.1, 0.15) is 23.9 Å². The highest BCUT2D eigenvalue weighted by atomic mass is 16.5. The molecule has 104 valence electrons. The summed E-state index contributed by atoms with van der Waals surface area (Å²) in [6.07, 6.45) is 0. The molecular weight excluding hydrogens is 256 g/mol. The number of ether oxygens (including phenoxy) is 2. The first-order valence-electron chi connectivity index (χ1n) is 6.20. The SMILES string of the molecule is COc1cc(OCc2ccc(O)cc2)ccc1C(C)=O. The summed E-state index contributed by atoms with van der Waals surface area (Å²) in [6.45, 7) is 1.87. The Kier molecular flexibility index (Phi) is 4.25. The maximum Gasteiger partial charge on any atom is 0.163 e. The molecule has 0 aliphatic rings. The molecule has 4 nitrogen and oxygen atoms in total. The smallest absolute Gasteiger partial charge is 0.163 e. The van der Waals surface area contributed by atoms with Gasteiger partial charge in [-0.3, -0.25) is 4.79 Å². The molecule has 0 aliphatic carbocycles. The molecule has 4 heteroatoms. The average Bonchev–Trinajstić information content (AvgIpc) is 2.46. The Morgan fingerprint density at radius 1 is 1.15 bits per heavy atom. The van der Waals surface area contributed by atoms with Crippen molar-refractivity contribution in [3.8, 4) is 17.2 Å². The minimum absolute atomic E-state index is 0.0491. The predicted octanol–water partition coefficient (Wildman–Crippen LogP) is 3.18. The van der Waals surface area contributed by atoms with Gasteiger partial charge in [-0.05, 0) is 36.8 Å². The maximum absolute atomic E-state index is 11.4. The summed E-state index contributed by atoms with van der Waals surface area (Å²) in [5.41, 5.74) is 1.47. The minimum atomic E-state index is -0.0491. The molecule has 0 atom stereocenters. The highest BCUT2D eigenvalue weighted by Crippen LogP contribution is 2.25. The highest BCUT2D eigenvalue weighted by molar-refractivity contribution is 5.97. The quantitative estimate of drug-likeness (QED) is 0.849. The standard InChI is InChI=1S/C16H16O4/c1-11(17)15-8-7-14(9-16(15)19-2)20-10-12-3-5-13(18)6-4-12/h3-9,18H,10H2,1-2H3. The van der Waals surface area contributed by atoms with Gasteiger partial charge in [0, 0.05) is 6.07 Å². The third-order valence-corrected chi connectivity index (χ3v) is 2.89. The Hall–Kier alpha value is -2.49.